The Morgan fingerprint density at radius 3 is 2.48 bits per heavy atom. The van der Waals surface area contributed by atoms with Gasteiger partial charge in [0.15, 0.2) is 9.84 Å². The molecule has 1 aliphatic heterocycles. The maximum Gasteiger partial charge on any atom is 0.175 e. The van der Waals surface area contributed by atoms with E-state index in [1.807, 2.05) is 6.07 Å². The highest BCUT2D eigenvalue weighted by Gasteiger charge is 2.22. The molecule has 0 unspecified atom stereocenters. The molecule has 0 aromatic heterocycles. The van der Waals surface area contributed by atoms with Crippen molar-refractivity contribution in [2.45, 2.75) is 44.2 Å². The summed E-state index contributed by atoms with van der Waals surface area (Å²) in [6, 6.07) is 5.64. The highest BCUT2D eigenvalue weighted by Crippen LogP contribution is 2.25. The molecule has 0 radical (unpaired) electrons. The van der Waals surface area contributed by atoms with Crippen molar-refractivity contribution in [2.24, 2.45) is 5.92 Å². The van der Waals surface area contributed by atoms with Gasteiger partial charge in [0.25, 0.3) is 0 Å². The van der Waals surface area contributed by atoms with Gasteiger partial charge in [0.2, 0.25) is 0 Å². The predicted octanol–water partition coefficient (Wildman–Crippen LogP) is 2.95. The van der Waals surface area contributed by atoms with Crippen LogP contribution in [0.5, 0.6) is 0 Å². The van der Waals surface area contributed by atoms with E-state index >= 15 is 0 Å². The van der Waals surface area contributed by atoms with Crippen LogP contribution in [0.3, 0.4) is 0 Å². The quantitative estimate of drug-likeness (QED) is 0.849. The predicted molar refractivity (Wildman–Crippen MR) is 95.7 cm³/mol. The Balaban J connectivity index is 2.18. The number of nitrogens with zero attached hydrogens (tertiary/aromatic N) is 1. The highest BCUT2D eigenvalue weighted by atomic mass is 35.5. The Hall–Kier alpha value is -0.620. The molecule has 0 amide bonds. The normalized spacial score (nSPS) is 17.1. The molecule has 1 fully saturated rings. The van der Waals surface area contributed by atoms with Crippen molar-refractivity contribution in [3.8, 4) is 0 Å². The molecule has 2 rings (SSSR count). The fraction of sp³-hybridized carbons (Fsp3) is 0.647. The zero-order chi connectivity index (χ0) is 17.0. The van der Waals surface area contributed by atoms with Gasteiger partial charge in [-0.2, -0.15) is 0 Å². The van der Waals surface area contributed by atoms with Crippen LogP contribution in [0.15, 0.2) is 23.1 Å². The van der Waals surface area contributed by atoms with Crippen molar-refractivity contribution in [2.75, 3.05) is 25.9 Å². The molecule has 23 heavy (non-hydrogen) atoms. The molecule has 0 spiro atoms. The van der Waals surface area contributed by atoms with Crippen molar-refractivity contribution < 1.29 is 8.42 Å². The van der Waals surface area contributed by atoms with Crippen molar-refractivity contribution in [1.82, 2.24) is 10.2 Å². The van der Waals surface area contributed by atoms with Gasteiger partial charge >= 0.3 is 0 Å². The molecule has 1 heterocycles. The van der Waals surface area contributed by atoms with Crippen LogP contribution in [-0.2, 0) is 16.4 Å². The van der Waals surface area contributed by atoms with E-state index in [2.05, 4.69) is 24.1 Å². The van der Waals surface area contributed by atoms with Gasteiger partial charge in [0, 0.05) is 30.4 Å². The number of piperidine rings is 1. The molecule has 1 aliphatic rings. The van der Waals surface area contributed by atoms with E-state index in [1.54, 1.807) is 12.1 Å². The summed E-state index contributed by atoms with van der Waals surface area (Å²) in [5, 5.41) is 3.94. The first-order valence-corrected chi connectivity index (χ1v) is 10.5. The molecule has 0 aliphatic carbocycles. The average molecular weight is 359 g/mol. The van der Waals surface area contributed by atoms with E-state index in [0.29, 0.717) is 17.0 Å². The molecule has 0 bridgehead atoms. The molecule has 0 saturated carbocycles. The van der Waals surface area contributed by atoms with Crippen LogP contribution in [0.4, 0.5) is 0 Å². The van der Waals surface area contributed by atoms with Gasteiger partial charge in [0.05, 0.1) is 4.90 Å². The van der Waals surface area contributed by atoms with Crippen LogP contribution in [0.1, 0.15) is 32.3 Å². The van der Waals surface area contributed by atoms with Crippen molar-refractivity contribution in [1.29, 1.82) is 0 Å². The fourth-order valence-corrected chi connectivity index (χ4v) is 4.04. The van der Waals surface area contributed by atoms with E-state index in [1.165, 1.54) is 6.26 Å². The van der Waals surface area contributed by atoms with Crippen molar-refractivity contribution >= 4 is 21.4 Å². The molecular formula is C17H27ClN2O2S. The van der Waals surface area contributed by atoms with Crippen LogP contribution in [0.2, 0.25) is 5.02 Å². The highest BCUT2D eigenvalue weighted by molar-refractivity contribution is 7.90. The average Bonchev–Trinajstić information content (AvgIpc) is 2.48. The van der Waals surface area contributed by atoms with Crippen LogP contribution in [0.25, 0.3) is 0 Å². The van der Waals surface area contributed by atoms with Gasteiger partial charge in [-0.1, -0.05) is 31.5 Å². The Morgan fingerprint density at radius 2 is 1.96 bits per heavy atom. The van der Waals surface area contributed by atoms with Crippen LogP contribution in [-0.4, -0.2) is 45.2 Å². The van der Waals surface area contributed by atoms with E-state index in [4.69, 9.17) is 11.6 Å². The first kappa shape index (κ1) is 18.7. The van der Waals surface area contributed by atoms with Crippen molar-refractivity contribution in [3.05, 3.63) is 28.8 Å². The third kappa shape index (κ3) is 5.45. The molecule has 1 saturated heterocycles. The van der Waals surface area contributed by atoms with Gasteiger partial charge < -0.3 is 5.32 Å². The summed E-state index contributed by atoms with van der Waals surface area (Å²) < 4.78 is 23.3. The topological polar surface area (TPSA) is 49.4 Å². The first-order valence-electron chi connectivity index (χ1n) is 8.20. The Labute approximate surface area is 145 Å². The van der Waals surface area contributed by atoms with Gasteiger partial charge in [-0.25, -0.2) is 8.42 Å². The maximum absolute atomic E-state index is 11.6. The molecule has 1 aromatic rings. The fourth-order valence-electron chi connectivity index (χ4n) is 3.09. The van der Waals surface area contributed by atoms with E-state index in [-0.39, 0.29) is 4.90 Å². The van der Waals surface area contributed by atoms with Crippen LogP contribution in [0, 0.1) is 5.92 Å². The number of halogens is 1. The van der Waals surface area contributed by atoms with Gasteiger partial charge in [-0.3, -0.25) is 4.90 Å². The monoisotopic (exact) mass is 358 g/mol. The zero-order valence-corrected chi connectivity index (χ0v) is 15.8. The summed E-state index contributed by atoms with van der Waals surface area (Å²) in [7, 11) is -3.22. The summed E-state index contributed by atoms with van der Waals surface area (Å²) in [6.45, 7) is 8.35. The van der Waals surface area contributed by atoms with E-state index in [0.717, 1.165) is 44.6 Å². The smallest absolute Gasteiger partial charge is 0.175 e. The lowest BCUT2D eigenvalue weighted by molar-refractivity contribution is 0.137. The lowest BCUT2D eigenvalue weighted by Crippen LogP contribution is -2.44. The molecule has 0 atom stereocenters. The number of hydrogen-bond donors (Lipinski definition) is 1. The largest absolute Gasteiger partial charge is 0.317 e. The molecule has 6 heteroatoms. The van der Waals surface area contributed by atoms with Gasteiger partial charge in [-0.15, -0.1) is 0 Å². The second-order valence-electron chi connectivity index (χ2n) is 6.83. The summed E-state index contributed by atoms with van der Waals surface area (Å²) in [5.74, 6) is 0.582. The van der Waals surface area contributed by atoms with E-state index in [9.17, 15) is 8.42 Å². The second kappa shape index (κ2) is 7.97. The number of nitrogens with one attached hydrogen (secondary N) is 1. The molecule has 1 N–H and O–H groups in total. The Kier molecular flexibility index (Phi) is 6.48. The Morgan fingerprint density at radius 1 is 1.30 bits per heavy atom. The minimum absolute atomic E-state index is 0.281. The minimum atomic E-state index is -3.22. The number of rotatable bonds is 6. The second-order valence-corrected chi connectivity index (χ2v) is 9.25. The SMILES string of the molecule is CC(C)CN(Cc1ccc(S(C)(=O)=O)cc1Cl)C1CCNCC1. The summed E-state index contributed by atoms with van der Waals surface area (Å²) >= 11 is 6.35. The zero-order valence-electron chi connectivity index (χ0n) is 14.2. The van der Waals surface area contributed by atoms with Gasteiger partial charge in [-0.05, 0) is 49.5 Å². The lowest BCUT2D eigenvalue weighted by atomic mass is 10.0. The number of hydrogen-bond acceptors (Lipinski definition) is 4. The third-order valence-electron chi connectivity index (χ3n) is 4.25. The van der Waals surface area contributed by atoms with Crippen molar-refractivity contribution in [3.63, 3.8) is 0 Å². The number of sulfone groups is 1. The van der Waals surface area contributed by atoms with Gasteiger partial charge in [0.1, 0.15) is 0 Å². The maximum atomic E-state index is 11.6. The summed E-state index contributed by atoms with van der Waals surface area (Å²) in [4.78, 5) is 2.77. The minimum Gasteiger partial charge on any atom is -0.317 e. The first-order chi connectivity index (χ1) is 10.8. The number of benzene rings is 1. The summed E-state index contributed by atoms with van der Waals surface area (Å²) in [5.41, 5.74) is 0.998. The summed E-state index contributed by atoms with van der Waals surface area (Å²) in [6.07, 6.45) is 3.50. The molecule has 130 valence electrons. The lowest BCUT2D eigenvalue weighted by Gasteiger charge is -2.36. The Bertz CT molecular complexity index is 625. The third-order valence-corrected chi connectivity index (χ3v) is 5.71. The standard InChI is InChI=1S/C17H27ClN2O2S/c1-13(2)11-20(15-6-8-19-9-7-15)12-14-4-5-16(10-17(14)18)23(3,21)22/h4-5,10,13,15,19H,6-9,11-12H2,1-3H3. The molecule has 1 aromatic carbocycles. The molecule has 4 nitrogen and oxygen atoms in total. The van der Waals surface area contributed by atoms with Crippen LogP contribution >= 0.6 is 11.6 Å². The van der Waals surface area contributed by atoms with E-state index < -0.39 is 9.84 Å². The molecular weight excluding hydrogens is 332 g/mol. The van der Waals surface area contributed by atoms with Crippen LogP contribution < -0.4 is 5.32 Å².